The maximum Gasteiger partial charge on any atom is 0.0594 e. The first-order valence-corrected chi connectivity index (χ1v) is 5.43. The molecule has 0 spiro atoms. The van der Waals surface area contributed by atoms with Crippen LogP contribution in [0.4, 0.5) is 0 Å². The third-order valence-corrected chi connectivity index (χ3v) is 2.63. The van der Waals surface area contributed by atoms with Gasteiger partial charge in [0.25, 0.3) is 0 Å². The zero-order chi connectivity index (χ0) is 11.4. The molecule has 4 nitrogen and oxygen atoms in total. The van der Waals surface area contributed by atoms with Gasteiger partial charge < -0.3 is 21.1 Å². The summed E-state index contributed by atoms with van der Waals surface area (Å²) in [5.41, 5.74) is 7.97. The van der Waals surface area contributed by atoms with Crippen LogP contribution in [0.25, 0.3) is 10.9 Å². The van der Waals surface area contributed by atoms with Crippen molar-refractivity contribution in [2.45, 2.75) is 12.6 Å². The number of rotatable bonds is 5. The first kappa shape index (κ1) is 11.1. The van der Waals surface area contributed by atoms with E-state index < -0.39 is 0 Å². The molecule has 2 aromatic rings. The lowest BCUT2D eigenvalue weighted by Gasteiger charge is -2.08. The highest BCUT2D eigenvalue weighted by Gasteiger charge is 2.03. The van der Waals surface area contributed by atoms with Crippen molar-refractivity contribution in [3.63, 3.8) is 0 Å². The Balaban J connectivity index is 1.99. The van der Waals surface area contributed by atoms with Gasteiger partial charge in [0.1, 0.15) is 0 Å². The minimum Gasteiger partial charge on any atom is -0.395 e. The van der Waals surface area contributed by atoms with Crippen LogP contribution in [0.2, 0.25) is 0 Å². The van der Waals surface area contributed by atoms with Crippen LogP contribution in [0.5, 0.6) is 0 Å². The van der Waals surface area contributed by atoms with E-state index in [0.29, 0.717) is 6.54 Å². The highest BCUT2D eigenvalue weighted by molar-refractivity contribution is 5.82. The molecule has 2 rings (SSSR count). The van der Waals surface area contributed by atoms with E-state index in [0.717, 1.165) is 12.1 Å². The fraction of sp³-hybridized carbons (Fsp3) is 0.333. The van der Waals surface area contributed by atoms with Gasteiger partial charge in [-0.1, -0.05) is 18.2 Å². The van der Waals surface area contributed by atoms with Crippen LogP contribution in [0.15, 0.2) is 30.5 Å². The molecule has 1 heterocycles. The van der Waals surface area contributed by atoms with Crippen molar-refractivity contribution in [2.75, 3.05) is 13.2 Å². The zero-order valence-corrected chi connectivity index (χ0v) is 9.11. The average molecular weight is 219 g/mol. The molecule has 1 aromatic heterocycles. The minimum atomic E-state index is -0.190. The van der Waals surface area contributed by atoms with E-state index in [1.807, 2.05) is 18.3 Å². The number of nitrogens with one attached hydrogen (secondary N) is 2. The van der Waals surface area contributed by atoms with Gasteiger partial charge >= 0.3 is 0 Å². The summed E-state index contributed by atoms with van der Waals surface area (Å²) in [4.78, 5) is 3.22. The number of hydrogen-bond donors (Lipinski definition) is 4. The second kappa shape index (κ2) is 5.12. The van der Waals surface area contributed by atoms with Gasteiger partial charge in [-0.2, -0.15) is 0 Å². The maximum atomic E-state index is 8.79. The fourth-order valence-electron chi connectivity index (χ4n) is 1.73. The molecule has 0 aliphatic heterocycles. The largest absolute Gasteiger partial charge is 0.395 e. The Morgan fingerprint density at radius 1 is 1.38 bits per heavy atom. The lowest BCUT2D eigenvalue weighted by Crippen LogP contribution is -2.36. The van der Waals surface area contributed by atoms with Crippen LogP contribution in [0.1, 0.15) is 5.56 Å². The second-order valence-electron chi connectivity index (χ2n) is 3.93. The molecule has 1 aromatic carbocycles. The van der Waals surface area contributed by atoms with Crippen LogP contribution in [0.3, 0.4) is 0 Å². The van der Waals surface area contributed by atoms with Gasteiger partial charge in [-0.05, 0) is 11.6 Å². The van der Waals surface area contributed by atoms with Crippen LogP contribution >= 0.6 is 0 Å². The monoisotopic (exact) mass is 219 g/mol. The van der Waals surface area contributed by atoms with Gasteiger partial charge in [-0.25, -0.2) is 0 Å². The molecule has 0 aliphatic carbocycles. The number of H-pyrrole nitrogens is 1. The number of aliphatic hydroxyl groups excluding tert-OH is 1. The predicted molar refractivity (Wildman–Crippen MR) is 65.1 cm³/mol. The summed E-state index contributed by atoms with van der Waals surface area (Å²) >= 11 is 0. The molecule has 86 valence electrons. The molecule has 0 saturated heterocycles. The molecule has 16 heavy (non-hydrogen) atoms. The van der Waals surface area contributed by atoms with Crippen LogP contribution in [-0.2, 0) is 6.54 Å². The summed E-state index contributed by atoms with van der Waals surface area (Å²) < 4.78 is 0. The summed E-state index contributed by atoms with van der Waals surface area (Å²) in [6.45, 7) is 1.40. The maximum absolute atomic E-state index is 8.79. The van der Waals surface area contributed by atoms with E-state index in [9.17, 15) is 0 Å². The van der Waals surface area contributed by atoms with Crippen LogP contribution in [0, 0.1) is 0 Å². The first-order chi connectivity index (χ1) is 7.81. The number of para-hydroxylation sites is 1. The number of aromatic nitrogens is 1. The van der Waals surface area contributed by atoms with Gasteiger partial charge in [0, 0.05) is 36.2 Å². The summed E-state index contributed by atoms with van der Waals surface area (Å²) in [6.07, 6.45) is 2.00. The summed E-state index contributed by atoms with van der Waals surface area (Å²) in [6, 6.07) is 7.99. The van der Waals surface area contributed by atoms with Gasteiger partial charge in [0.05, 0.1) is 6.61 Å². The normalized spacial score (nSPS) is 13.1. The Labute approximate surface area is 94.5 Å². The Hall–Kier alpha value is -1.36. The molecular formula is C12H17N3O. The Kier molecular flexibility index (Phi) is 3.56. The van der Waals surface area contributed by atoms with Crippen LogP contribution in [-0.4, -0.2) is 29.3 Å². The van der Waals surface area contributed by atoms with E-state index in [2.05, 4.69) is 22.4 Å². The Morgan fingerprint density at radius 2 is 2.19 bits per heavy atom. The number of aliphatic hydroxyl groups is 1. The summed E-state index contributed by atoms with van der Waals surface area (Å²) in [7, 11) is 0. The van der Waals surface area contributed by atoms with Crippen molar-refractivity contribution in [1.29, 1.82) is 0 Å². The van der Waals surface area contributed by atoms with Crippen molar-refractivity contribution in [2.24, 2.45) is 5.73 Å². The van der Waals surface area contributed by atoms with Gasteiger partial charge in [-0.15, -0.1) is 0 Å². The molecule has 0 amide bonds. The number of hydrogen-bond acceptors (Lipinski definition) is 3. The molecular weight excluding hydrogens is 202 g/mol. The summed E-state index contributed by atoms with van der Waals surface area (Å²) in [5, 5.41) is 13.2. The molecule has 0 fully saturated rings. The predicted octanol–water partition coefficient (Wildman–Crippen LogP) is 0.577. The minimum absolute atomic E-state index is 0.0148. The molecule has 0 bridgehead atoms. The zero-order valence-electron chi connectivity index (χ0n) is 9.11. The number of fused-ring (bicyclic) bond motifs is 1. The van der Waals surface area contributed by atoms with E-state index >= 15 is 0 Å². The van der Waals surface area contributed by atoms with Crippen molar-refractivity contribution < 1.29 is 5.11 Å². The molecule has 0 radical (unpaired) electrons. The van der Waals surface area contributed by atoms with Gasteiger partial charge in [0.15, 0.2) is 0 Å². The third-order valence-electron chi connectivity index (χ3n) is 2.63. The van der Waals surface area contributed by atoms with Crippen LogP contribution < -0.4 is 11.1 Å². The average Bonchev–Trinajstić information content (AvgIpc) is 2.73. The standard InChI is InChI=1S/C12H17N3O/c13-10(8-16)7-14-5-9-6-15-12-4-2-1-3-11(9)12/h1-4,6,10,14-16H,5,7-8,13H2. The van der Waals surface area contributed by atoms with E-state index in [-0.39, 0.29) is 12.6 Å². The summed E-state index contributed by atoms with van der Waals surface area (Å²) in [5.74, 6) is 0. The molecule has 4 heteroatoms. The fourth-order valence-corrected chi connectivity index (χ4v) is 1.73. The lowest BCUT2D eigenvalue weighted by atomic mass is 10.2. The highest BCUT2D eigenvalue weighted by Crippen LogP contribution is 2.16. The third kappa shape index (κ3) is 2.41. The smallest absolute Gasteiger partial charge is 0.0594 e. The van der Waals surface area contributed by atoms with E-state index in [4.69, 9.17) is 10.8 Å². The molecule has 1 atom stereocenters. The molecule has 0 aliphatic rings. The van der Waals surface area contributed by atoms with E-state index in [1.54, 1.807) is 0 Å². The van der Waals surface area contributed by atoms with Crippen molar-refractivity contribution in [3.05, 3.63) is 36.0 Å². The lowest BCUT2D eigenvalue weighted by molar-refractivity contribution is 0.262. The Bertz CT molecular complexity index is 452. The highest BCUT2D eigenvalue weighted by atomic mass is 16.3. The van der Waals surface area contributed by atoms with Gasteiger partial charge in [-0.3, -0.25) is 0 Å². The molecule has 5 N–H and O–H groups in total. The SMILES string of the molecule is NC(CO)CNCc1c[nH]c2ccccc12. The topological polar surface area (TPSA) is 74.1 Å². The van der Waals surface area contributed by atoms with Gasteiger partial charge in [0.2, 0.25) is 0 Å². The number of aromatic amines is 1. The quantitative estimate of drug-likeness (QED) is 0.594. The van der Waals surface area contributed by atoms with Crippen molar-refractivity contribution in [1.82, 2.24) is 10.3 Å². The second-order valence-corrected chi connectivity index (χ2v) is 3.93. The van der Waals surface area contributed by atoms with E-state index in [1.165, 1.54) is 10.9 Å². The van der Waals surface area contributed by atoms with Crippen molar-refractivity contribution >= 4 is 10.9 Å². The number of benzene rings is 1. The number of nitrogens with two attached hydrogens (primary N) is 1. The Morgan fingerprint density at radius 3 is 3.00 bits per heavy atom. The molecule has 0 saturated carbocycles. The molecule has 1 unspecified atom stereocenters. The van der Waals surface area contributed by atoms with Crippen molar-refractivity contribution in [3.8, 4) is 0 Å². The first-order valence-electron chi connectivity index (χ1n) is 5.43.